The van der Waals surface area contributed by atoms with Crippen LogP contribution in [0.15, 0.2) is 46.0 Å². The van der Waals surface area contributed by atoms with Crippen molar-refractivity contribution < 1.29 is 9.59 Å². The van der Waals surface area contributed by atoms with Gasteiger partial charge in [0.25, 0.3) is 11.5 Å². The van der Waals surface area contributed by atoms with Crippen LogP contribution in [0.4, 0.5) is 5.82 Å². The summed E-state index contributed by atoms with van der Waals surface area (Å²) in [6, 6.07) is 9.49. The van der Waals surface area contributed by atoms with E-state index in [-0.39, 0.29) is 30.6 Å². The molecule has 1 aromatic carbocycles. The first-order chi connectivity index (χ1) is 11.0. The van der Waals surface area contributed by atoms with Gasteiger partial charge in [0.2, 0.25) is 5.91 Å². The predicted molar refractivity (Wildman–Crippen MR) is 81.7 cm³/mol. The summed E-state index contributed by atoms with van der Waals surface area (Å²) in [5.74, 6) is -0.588. The minimum atomic E-state index is -0.802. The maximum absolute atomic E-state index is 12.4. The Morgan fingerprint density at radius 3 is 2.52 bits per heavy atom. The van der Waals surface area contributed by atoms with Crippen LogP contribution in [0.25, 0.3) is 0 Å². The molecule has 8 heteroatoms. The monoisotopic (exact) mass is 314 g/mol. The van der Waals surface area contributed by atoms with Crippen LogP contribution < -0.4 is 16.6 Å². The van der Waals surface area contributed by atoms with Gasteiger partial charge in [-0.05, 0) is 5.56 Å². The van der Waals surface area contributed by atoms with E-state index in [1.54, 1.807) is 0 Å². The molecule has 0 aliphatic carbocycles. The summed E-state index contributed by atoms with van der Waals surface area (Å²) in [5, 5.41) is 2.73. The molecule has 2 aromatic rings. The second-order valence-electron chi connectivity index (χ2n) is 5.21. The Balaban J connectivity index is 1.75. The van der Waals surface area contributed by atoms with Gasteiger partial charge in [-0.1, -0.05) is 30.3 Å². The molecule has 1 saturated heterocycles. The molecule has 0 saturated carbocycles. The number of amides is 2. The molecular formula is C15H14N4O4. The number of nitrogens with one attached hydrogen (secondary N) is 3. The maximum Gasteiger partial charge on any atom is 0.327 e. The highest BCUT2D eigenvalue weighted by Crippen LogP contribution is 2.19. The van der Waals surface area contributed by atoms with Crippen LogP contribution in [-0.4, -0.2) is 32.7 Å². The van der Waals surface area contributed by atoms with Gasteiger partial charge in [-0.2, -0.15) is 0 Å². The van der Waals surface area contributed by atoms with E-state index in [0.29, 0.717) is 0 Å². The van der Waals surface area contributed by atoms with Crippen LogP contribution in [0.3, 0.4) is 0 Å². The molecule has 1 aromatic heterocycles. The summed E-state index contributed by atoms with van der Waals surface area (Å²) in [6.45, 7) is 0.197. The lowest BCUT2D eigenvalue weighted by Gasteiger charge is -2.15. The van der Waals surface area contributed by atoms with Gasteiger partial charge in [-0.3, -0.25) is 29.3 Å². The van der Waals surface area contributed by atoms with Crippen LogP contribution in [0.2, 0.25) is 0 Å². The number of hydrogen-bond acceptors (Lipinski definition) is 5. The van der Waals surface area contributed by atoms with Crippen LogP contribution in [0.1, 0.15) is 12.0 Å². The van der Waals surface area contributed by atoms with Gasteiger partial charge in [0.05, 0.1) is 13.0 Å². The third kappa shape index (κ3) is 3.20. The Kier molecular flexibility index (Phi) is 3.80. The number of rotatable bonds is 4. The van der Waals surface area contributed by atoms with Crippen molar-refractivity contribution in [1.29, 1.82) is 0 Å². The van der Waals surface area contributed by atoms with Crippen molar-refractivity contribution in [3.63, 3.8) is 0 Å². The normalized spacial score (nSPS) is 17.6. The van der Waals surface area contributed by atoms with Gasteiger partial charge in [0.15, 0.2) is 0 Å². The molecular weight excluding hydrogens is 300 g/mol. The number of carbonyl (C=O) groups excluding carboxylic acids is 2. The number of aromatic amines is 2. The quantitative estimate of drug-likeness (QED) is 0.676. The van der Waals surface area contributed by atoms with Gasteiger partial charge < -0.3 is 5.32 Å². The van der Waals surface area contributed by atoms with Gasteiger partial charge >= 0.3 is 5.69 Å². The van der Waals surface area contributed by atoms with Crippen LogP contribution in [-0.2, 0) is 16.1 Å². The maximum atomic E-state index is 12.4. The molecule has 2 heterocycles. The van der Waals surface area contributed by atoms with Gasteiger partial charge in [0.1, 0.15) is 11.9 Å². The number of H-pyrrole nitrogens is 2. The number of aromatic nitrogens is 2. The van der Waals surface area contributed by atoms with E-state index in [4.69, 9.17) is 0 Å². The molecule has 23 heavy (non-hydrogen) atoms. The number of hydrogen-bond donors (Lipinski definition) is 3. The Labute approximate surface area is 130 Å². The van der Waals surface area contributed by atoms with Crippen molar-refractivity contribution in [1.82, 2.24) is 14.9 Å². The highest BCUT2D eigenvalue weighted by atomic mass is 16.2. The molecule has 0 radical (unpaired) electrons. The molecule has 0 spiro atoms. The third-order valence-corrected chi connectivity index (χ3v) is 3.52. The van der Waals surface area contributed by atoms with Crippen molar-refractivity contribution in [3.8, 4) is 0 Å². The molecule has 1 aliphatic rings. The van der Waals surface area contributed by atoms with Crippen LogP contribution in [0.5, 0.6) is 0 Å². The van der Waals surface area contributed by atoms with Crippen molar-refractivity contribution in [2.24, 2.45) is 0 Å². The first kappa shape index (κ1) is 14.8. The van der Waals surface area contributed by atoms with Crippen molar-refractivity contribution in [2.45, 2.75) is 19.0 Å². The second-order valence-corrected chi connectivity index (χ2v) is 5.21. The van der Waals surface area contributed by atoms with Crippen LogP contribution in [0, 0.1) is 0 Å². The van der Waals surface area contributed by atoms with Gasteiger partial charge in [-0.15, -0.1) is 0 Å². The minimum Gasteiger partial charge on any atom is -0.359 e. The smallest absolute Gasteiger partial charge is 0.327 e. The summed E-state index contributed by atoms with van der Waals surface area (Å²) < 4.78 is 0. The van der Waals surface area contributed by atoms with Gasteiger partial charge in [-0.25, -0.2) is 4.79 Å². The Bertz CT molecular complexity index is 827. The Hall–Kier alpha value is -3.16. The molecule has 3 N–H and O–H groups in total. The molecule has 2 amide bonds. The summed E-state index contributed by atoms with van der Waals surface area (Å²) in [7, 11) is 0. The highest BCUT2D eigenvalue weighted by Gasteiger charge is 2.38. The SMILES string of the molecule is O=C1CC(Nc2cc(=O)[nH]c(=O)[nH]2)C(=O)N1Cc1ccccc1. The van der Waals surface area contributed by atoms with Crippen molar-refractivity contribution in [2.75, 3.05) is 5.32 Å². The zero-order valence-corrected chi connectivity index (χ0v) is 12.0. The average Bonchev–Trinajstić information content (AvgIpc) is 2.75. The molecule has 1 unspecified atom stereocenters. The lowest BCUT2D eigenvalue weighted by Crippen LogP contribution is -2.35. The Morgan fingerprint density at radius 2 is 1.83 bits per heavy atom. The fraction of sp³-hybridized carbons (Fsp3) is 0.200. The second kappa shape index (κ2) is 5.91. The lowest BCUT2D eigenvalue weighted by molar-refractivity contribution is -0.139. The first-order valence-corrected chi connectivity index (χ1v) is 7.01. The molecule has 0 bridgehead atoms. The van der Waals surface area contributed by atoms with Crippen LogP contribution >= 0.6 is 0 Å². The number of carbonyl (C=O) groups is 2. The number of nitrogens with zero attached hydrogens (tertiary/aromatic N) is 1. The fourth-order valence-corrected chi connectivity index (χ4v) is 2.46. The average molecular weight is 314 g/mol. The van der Waals surface area contributed by atoms with Crippen molar-refractivity contribution >= 4 is 17.6 Å². The number of likely N-dealkylation sites (tertiary alicyclic amines) is 1. The first-order valence-electron chi connectivity index (χ1n) is 7.01. The van der Waals surface area contributed by atoms with Gasteiger partial charge in [0, 0.05) is 6.07 Å². The zero-order valence-electron chi connectivity index (χ0n) is 12.0. The summed E-state index contributed by atoms with van der Waals surface area (Å²) in [6.07, 6.45) is -0.0273. The summed E-state index contributed by atoms with van der Waals surface area (Å²) in [5.41, 5.74) is -0.425. The van der Waals surface area contributed by atoms with E-state index in [2.05, 4.69) is 10.3 Å². The molecule has 3 rings (SSSR count). The van der Waals surface area contributed by atoms with E-state index in [1.807, 2.05) is 35.3 Å². The molecule has 1 atom stereocenters. The lowest BCUT2D eigenvalue weighted by atomic mass is 10.2. The number of benzene rings is 1. The number of anilines is 1. The standard InChI is InChI=1S/C15H14N4O4/c20-12-7-11(17-15(23)18-12)16-10-6-13(21)19(14(10)22)8-9-4-2-1-3-5-9/h1-5,7,10H,6,8H2,(H3,16,17,18,20,23). The third-order valence-electron chi connectivity index (χ3n) is 3.52. The highest BCUT2D eigenvalue weighted by molar-refractivity contribution is 6.06. The largest absolute Gasteiger partial charge is 0.359 e. The number of imide groups is 1. The Morgan fingerprint density at radius 1 is 1.09 bits per heavy atom. The van der Waals surface area contributed by atoms with E-state index in [1.165, 1.54) is 0 Å². The van der Waals surface area contributed by atoms with Crippen molar-refractivity contribution in [3.05, 3.63) is 62.8 Å². The topological polar surface area (TPSA) is 115 Å². The zero-order chi connectivity index (χ0) is 16.4. The molecule has 8 nitrogen and oxygen atoms in total. The fourth-order valence-electron chi connectivity index (χ4n) is 2.46. The van der Waals surface area contributed by atoms with E-state index in [9.17, 15) is 19.2 Å². The molecule has 1 aliphatic heterocycles. The van der Waals surface area contributed by atoms with E-state index in [0.717, 1.165) is 16.5 Å². The minimum absolute atomic E-state index is 0.0273. The molecule has 118 valence electrons. The summed E-state index contributed by atoms with van der Waals surface area (Å²) >= 11 is 0. The van der Waals surface area contributed by atoms with E-state index < -0.39 is 17.3 Å². The molecule has 1 fully saturated rings. The predicted octanol–water partition coefficient (Wildman–Crippen LogP) is -0.197. The van der Waals surface area contributed by atoms with E-state index >= 15 is 0 Å². The summed E-state index contributed by atoms with van der Waals surface area (Å²) in [4.78, 5) is 52.5.